The number of fused-ring (bicyclic) bond motifs is 3. The fourth-order valence-electron chi connectivity index (χ4n) is 4.90. The van der Waals surface area contributed by atoms with E-state index in [0.717, 1.165) is 31.7 Å². The highest BCUT2D eigenvalue weighted by molar-refractivity contribution is 5.65. The molecule has 11 heteroatoms. The van der Waals surface area contributed by atoms with Crippen molar-refractivity contribution in [2.75, 3.05) is 19.8 Å². The molecule has 3 aromatic carbocycles. The second-order valence-electron chi connectivity index (χ2n) is 10.1. The van der Waals surface area contributed by atoms with Gasteiger partial charge in [0.15, 0.2) is 11.6 Å². The van der Waals surface area contributed by atoms with Crippen LogP contribution in [0.5, 0.6) is 5.75 Å². The smallest absolute Gasteiger partial charge is 0.429 e. The Hall–Kier alpha value is -3.15. The van der Waals surface area contributed by atoms with Crippen LogP contribution >= 0.6 is 0 Å². The lowest BCUT2D eigenvalue weighted by atomic mass is 9.82. The molecule has 0 N–H and O–H groups in total. The SMILES string of the molecule is CCCCCC12COC(c3ccc(-c4cc(F)c(C(F)(F)Oc5ccc(F)c(F)c5)c(F)c4)c(F)c3)(OC1)OC2. The maximum Gasteiger partial charge on any atom is 0.432 e. The molecule has 2 bridgehead atoms. The second kappa shape index (κ2) is 10.7. The third-order valence-corrected chi connectivity index (χ3v) is 7.12. The quantitative estimate of drug-likeness (QED) is 0.193. The minimum Gasteiger partial charge on any atom is -0.429 e. The minimum absolute atomic E-state index is 0.194. The number of halogens is 7. The fourth-order valence-corrected chi connectivity index (χ4v) is 4.90. The Kier molecular flexibility index (Phi) is 7.58. The Morgan fingerprint density at radius 2 is 1.40 bits per heavy atom. The highest BCUT2D eigenvalue weighted by Gasteiger charge is 2.53. The van der Waals surface area contributed by atoms with Gasteiger partial charge in [0, 0.05) is 22.6 Å². The predicted octanol–water partition coefficient (Wildman–Crippen LogP) is 7.93. The molecule has 4 nitrogen and oxygen atoms in total. The molecule has 3 heterocycles. The van der Waals surface area contributed by atoms with Crippen molar-refractivity contribution in [2.24, 2.45) is 5.41 Å². The lowest BCUT2D eigenvalue weighted by molar-refractivity contribution is -0.480. The van der Waals surface area contributed by atoms with Crippen molar-refractivity contribution in [1.29, 1.82) is 0 Å². The van der Waals surface area contributed by atoms with Crippen molar-refractivity contribution in [3.63, 3.8) is 0 Å². The molecule has 0 aromatic heterocycles. The van der Waals surface area contributed by atoms with Gasteiger partial charge in [0.1, 0.15) is 28.8 Å². The zero-order valence-electron chi connectivity index (χ0n) is 21.3. The monoisotopic (exact) mass is 570 g/mol. The topological polar surface area (TPSA) is 36.9 Å². The molecule has 0 spiro atoms. The number of ether oxygens (including phenoxy) is 4. The molecule has 0 aliphatic carbocycles. The molecule has 3 aliphatic rings. The van der Waals surface area contributed by atoms with E-state index in [-0.39, 0.29) is 22.1 Å². The first kappa shape index (κ1) is 28.4. The summed E-state index contributed by atoms with van der Waals surface area (Å²) in [5.74, 6) is -9.69. The van der Waals surface area contributed by atoms with Crippen LogP contribution in [0.4, 0.5) is 30.7 Å². The Morgan fingerprint density at radius 3 is 1.98 bits per heavy atom. The molecule has 0 unspecified atom stereocenters. The summed E-state index contributed by atoms with van der Waals surface area (Å²) in [6.45, 7) is 3.18. The first-order valence-electron chi connectivity index (χ1n) is 12.7. The van der Waals surface area contributed by atoms with Crippen molar-refractivity contribution in [3.05, 3.63) is 88.7 Å². The summed E-state index contributed by atoms with van der Waals surface area (Å²) in [5.41, 5.74) is -2.51. The Bertz CT molecular complexity index is 1360. The molecule has 3 saturated heterocycles. The number of rotatable bonds is 9. The summed E-state index contributed by atoms with van der Waals surface area (Å²) < 4.78 is 122. The molecule has 3 aromatic rings. The Labute approximate surface area is 225 Å². The van der Waals surface area contributed by atoms with Gasteiger partial charge in [0.2, 0.25) is 0 Å². The fraction of sp³-hybridized carbons (Fsp3) is 0.379. The van der Waals surface area contributed by atoms with Crippen molar-refractivity contribution >= 4 is 0 Å². The Morgan fingerprint density at radius 1 is 0.750 bits per heavy atom. The Balaban J connectivity index is 1.36. The minimum atomic E-state index is -4.60. The molecular weight excluding hydrogens is 545 g/mol. The molecule has 0 saturated carbocycles. The van der Waals surface area contributed by atoms with E-state index in [1.54, 1.807) is 0 Å². The molecule has 3 fully saturated rings. The van der Waals surface area contributed by atoms with Gasteiger partial charge >= 0.3 is 12.1 Å². The average Bonchev–Trinajstić information content (AvgIpc) is 2.91. The van der Waals surface area contributed by atoms with Crippen LogP contribution < -0.4 is 4.74 Å². The highest BCUT2D eigenvalue weighted by Crippen LogP contribution is 2.47. The van der Waals surface area contributed by atoms with E-state index in [2.05, 4.69) is 11.7 Å². The van der Waals surface area contributed by atoms with Crippen LogP contribution in [0.3, 0.4) is 0 Å². The maximum absolute atomic E-state index is 15.2. The van der Waals surface area contributed by atoms with Crippen molar-refractivity contribution < 1.29 is 49.7 Å². The van der Waals surface area contributed by atoms with E-state index in [0.29, 0.717) is 50.2 Å². The van der Waals surface area contributed by atoms with Gasteiger partial charge < -0.3 is 18.9 Å². The van der Waals surface area contributed by atoms with Crippen LogP contribution in [-0.2, 0) is 26.3 Å². The maximum atomic E-state index is 15.2. The molecule has 3 aliphatic heterocycles. The van der Waals surface area contributed by atoms with Crippen LogP contribution in [0, 0.1) is 34.5 Å². The van der Waals surface area contributed by atoms with Gasteiger partial charge in [0.25, 0.3) is 0 Å². The summed E-state index contributed by atoms with van der Waals surface area (Å²) in [6, 6.07) is 6.19. The van der Waals surface area contributed by atoms with Crippen LogP contribution in [0.2, 0.25) is 0 Å². The number of benzene rings is 3. The van der Waals surface area contributed by atoms with Gasteiger partial charge in [-0.3, -0.25) is 0 Å². The van der Waals surface area contributed by atoms with Crippen molar-refractivity contribution in [3.8, 4) is 16.9 Å². The predicted molar refractivity (Wildman–Crippen MR) is 129 cm³/mol. The summed E-state index contributed by atoms with van der Waals surface area (Å²) in [4.78, 5) is 0. The van der Waals surface area contributed by atoms with Crippen LogP contribution in [0.1, 0.15) is 43.7 Å². The standard InChI is InChI=1S/C29H25F7O4/c1-2-3-4-9-27-14-37-29(38-15-27,39-16-27)18-5-7-20(22(31)12-18)17-10-24(33)26(25(34)11-17)28(35,36)40-19-6-8-21(30)23(32)13-19/h5-8,10-13H,2-4,9,14-16H2,1H3. The van der Waals surface area contributed by atoms with E-state index in [1.807, 2.05) is 0 Å². The van der Waals surface area contributed by atoms with E-state index in [4.69, 9.17) is 14.2 Å². The zero-order chi connectivity index (χ0) is 28.7. The van der Waals surface area contributed by atoms with E-state index in [1.165, 1.54) is 12.1 Å². The summed E-state index contributed by atoms with van der Waals surface area (Å²) in [6.07, 6.45) is -0.600. The first-order valence-corrected chi connectivity index (χ1v) is 12.7. The van der Waals surface area contributed by atoms with Crippen LogP contribution in [-0.4, -0.2) is 19.8 Å². The summed E-state index contributed by atoms with van der Waals surface area (Å²) in [5, 5.41) is 0. The van der Waals surface area contributed by atoms with Gasteiger partial charge in [-0.15, -0.1) is 0 Å². The van der Waals surface area contributed by atoms with Gasteiger partial charge in [-0.2, -0.15) is 8.78 Å². The highest BCUT2D eigenvalue weighted by atomic mass is 19.3. The molecule has 0 atom stereocenters. The first-order chi connectivity index (χ1) is 19.0. The normalized spacial score (nSPS) is 22.5. The van der Waals surface area contributed by atoms with Gasteiger partial charge in [0.05, 0.1) is 19.8 Å². The second-order valence-corrected chi connectivity index (χ2v) is 10.1. The number of hydrogen-bond acceptors (Lipinski definition) is 4. The molecule has 40 heavy (non-hydrogen) atoms. The van der Waals surface area contributed by atoms with E-state index < -0.39 is 52.5 Å². The summed E-state index contributed by atoms with van der Waals surface area (Å²) >= 11 is 0. The lowest BCUT2D eigenvalue weighted by Crippen LogP contribution is -2.58. The zero-order valence-corrected chi connectivity index (χ0v) is 21.3. The van der Waals surface area contributed by atoms with Gasteiger partial charge in [-0.25, -0.2) is 22.0 Å². The summed E-state index contributed by atoms with van der Waals surface area (Å²) in [7, 11) is 0. The molecule has 214 valence electrons. The third kappa shape index (κ3) is 5.29. The largest absolute Gasteiger partial charge is 0.432 e. The number of alkyl halides is 2. The molecule has 0 radical (unpaired) electrons. The van der Waals surface area contributed by atoms with Crippen LogP contribution in [0.25, 0.3) is 11.1 Å². The third-order valence-electron chi connectivity index (χ3n) is 7.12. The van der Waals surface area contributed by atoms with E-state index >= 15 is 4.39 Å². The van der Waals surface area contributed by atoms with Crippen molar-refractivity contribution in [1.82, 2.24) is 0 Å². The molecular formula is C29H25F7O4. The number of hydrogen-bond donors (Lipinski definition) is 0. The van der Waals surface area contributed by atoms with Crippen LogP contribution in [0.15, 0.2) is 48.5 Å². The van der Waals surface area contributed by atoms with Crippen molar-refractivity contribution in [2.45, 2.75) is 44.7 Å². The lowest BCUT2D eigenvalue weighted by Gasteiger charge is -2.52. The number of unbranched alkanes of at least 4 members (excludes halogenated alkanes) is 2. The molecule has 0 amide bonds. The molecule has 6 rings (SSSR count). The van der Waals surface area contributed by atoms with Gasteiger partial charge in [-0.05, 0) is 42.3 Å². The average molecular weight is 571 g/mol. The van der Waals surface area contributed by atoms with Gasteiger partial charge in [-0.1, -0.05) is 38.3 Å². The van der Waals surface area contributed by atoms with E-state index in [9.17, 15) is 26.3 Å².